The number of para-hydroxylation sites is 1. The van der Waals surface area contributed by atoms with Crippen molar-refractivity contribution < 1.29 is 18.4 Å². The highest BCUT2D eigenvalue weighted by molar-refractivity contribution is 7.16. The Morgan fingerprint density at radius 2 is 1.77 bits per heavy atom. The van der Waals surface area contributed by atoms with Gasteiger partial charge in [-0.25, -0.2) is 13.6 Å². The van der Waals surface area contributed by atoms with Crippen LogP contribution in [0.4, 0.5) is 19.3 Å². The lowest BCUT2D eigenvalue weighted by Crippen LogP contribution is -2.56. The van der Waals surface area contributed by atoms with Crippen LogP contribution in [-0.4, -0.2) is 52.0 Å². The molecule has 4 aromatic rings. The van der Waals surface area contributed by atoms with Crippen molar-refractivity contribution in [2.45, 2.75) is 19.5 Å². The van der Waals surface area contributed by atoms with Crippen LogP contribution in [-0.2, 0) is 6.54 Å². The number of nitrogens with zero attached hydrogens (tertiary/aromatic N) is 3. The number of fused-ring (bicyclic) bond motifs is 1. The molecule has 2 aromatic heterocycles. The van der Waals surface area contributed by atoms with E-state index in [0.717, 1.165) is 10.2 Å². The van der Waals surface area contributed by atoms with E-state index in [0.29, 0.717) is 30.9 Å². The zero-order valence-electron chi connectivity index (χ0n) is 19.1. The van der Waals surface area contributed by atoms with Crippen LogP contribution in [0.1, 0.15) is 23.0 Å². The SMILES string of the molecule is C[C@@H]1CN(C(=O)c2cc3ccsc3n2Cc2ccccc2F)CCN1C(=O)Nc1ccccc1F. The molecule has 180 valence electrons. The van der Waals surface area contributed by atoms with E-state index in [9.17, 15) is 18.4 Å². The highest BCUT2D eigenvalue weighted by atomic mass is 32.1. The van der Waals surface area contributed by atoms with Crippen LogP contribution in [0, 0.1) is 11.6 Å². The summed E-state index contributed by atoms with van der Waals surface area (Å²) in [6.45, 7) is 3.10. The number of carbonyl (C=O) groups is 2. The van der Waals surface area contributed by atoms with Crippen molar-refractivity contribution in [3.63, 3.8) is 0 Å². The summed E-state index contributed by atoms with van der Waals surface area (Å²) in [5, 5.41) is 5.50. The van der Waals surface area contributed by atoms with Crippen molar-refractivity contribution in [2.75, 3.05) is 25.0 Å². The molecule has 1 saturated heterocycles. The van der Waals surface area contributed by atoms with Gasteiger partial charge in [-0.3, -0.25) is 4.79 Å². The van der Waals surface area contributed by atoms with E-state index in [2.05, 4.69) is 5.32 Å². The Morgan fingerprint density at radius 1 is 1.03 bits per heavy atom. The molecule has 0 spiro atoms. The van der Waals surface area contributed by atoms with Crippen LogP contribution in [0.2, 0.25) is 0 Å². The first-order valence-electron chi connectivity index (χ1n) is 11.3. The number of amides is 3. The standard InChI is InChI=1S/C26H24F2N4O2S/c1-17-15-30(11-12-31(17)26(34)29-22-9-5-4-8-21(22)28)24(33)23-14-18-10-13-35-25(18)32(23)16-19-6-2-3-7-20(19)27/h2-10,13-14,17H,11-12,15-16H2,1H3,(H,29,34)/t17-/m1/s1. The second kappa shape index (κ2) is 9.50. The topological polar surface area (TPSA) is 57.6 Å². The number of hydrogen-bond donors (Lipinski definition) is 1. The number of hydrogen-bond acceptors (Lipinski definition) is 3. The Bertz CT molecular complexity index is 1400. The fourth-order valence-corrected chi connectivity index (χ4v) is 5.36. The molecule has 0 unspecified atom stereocenters. The molecule has 3 amide bonds. The first-order valence-corrected chi connectivity index (χ1v) is 12.2. The van der Waals surface area contributed by atoms with Gasteiger partial charge in [0.15, 0.2) is 0 Å². The quantitative estimate of drug-likeness (QED) is 0.413. The van der Waals surface area contributed by atoms with Gasteiger partial charge in [0.1, 0.15) is 22.2 Å². The minimum Gasteiger partial charge on any atom is -0.334 e. The van der Waals surface area contributed by atoms with Gasteiger partial charge in [-0.15, -0.1) is 11.3 Å². The maximum Gasteiger partial charge on any atom is 0.322 e. The Balaban J connectivity index is 1.33. The molecule has 1 N–H and O–H groups in total. The van der Waals surface area contributed by atoms with Crippen LogP contribution in [0.3, 0.4) is 0 Å². The third-order valence-electron chi connectivity index (χ3n) is 6.30. The average Bonchev–Trinajstić information content (AvgIpc) is 3.44. The molecule has 1 fully saturated rings. The molecule has 1 aliphatic heterocycles. The summed E-state index contributed by atoms with van der Waals surface area (Å²) in [5.74, 6) is -0.976. The molecule has 1 atom stereocenters. The minimum absolute atomic E-state index is 0.120. The maximum atomic E-state index is 14.4. The van der Waals surface area contributed by atoms with Gasteiger partial charge in [0.05, 0.1) is 12.2 Å². The number of anilines is 1. The van der Waals surface area contributed by atoms with E-state index in [1.165, 1.54) is 29.5 Å². The van der Waals surface area contributed by atoms with Crippen LogP contribution in [0.25, 0.3) is 10.2 Å². The predicted octanol–water partition coefficient (Wildman–Crippen LogP) is 5.41. The number of piperazine rings is 1. The lowest BCUT2D eigenvalue weighted by Gasteiger charge is -2.39. The molecular formula is C26H24F2N4O2S. The van der Waals surface area contributed by atoms with Gasteiger partial charge in [0.25, 0.3) is 5.91 Å². The largest absolute Gasteiger partial charge is 0.334 e. The van der Waals surface area contributed by atoms with Crippen molar-refractivity contribution in [3.05, 3.63) is 88.9 Å². The van der Waals surface area contributed by atoms with E-state index in [4.69, 9.17) is 0 Å². The number of nitrogens with one attached hydrogen (secondary N) is 1. The van der Waals surface area contributed by atoms with Crippen LogP contribution in [0.15, 0.2) is 66.0 Å². The Morgan fingerprint density at radius 3 is 2.51 bits per heavy atom. The van der Waals surface area contributed by atoms with Crippen LogP contribution in [0.5, 0.6) is 0 Å². The van der Waals surface area contributed by atoms with Gasteiger partial charge in [-0.2, -0.15) is 0 Å². The number of carbonyl (C=O) groups excluding carboxylic acids is 2. The second-order valence-electron chi connectivity index (χ2n) is 8.59. The summed E-state index contributed by atoms with van der Waals surface area (Å²) in [6, 6.07) is 15.7. The number of thiophene rings is 1. The van der Waals surface area contributed by atoms with E-state index in [-0.39, 0.29) is 30.0 Å². The first-order chi connectivity index (χ1) is 16.9. The lowest BCUT2D eigenvalue weighted by molar-refractivity contribution is 0.0583. The fraction of sp³-hybridized carbons (Fsp3) is 0.231. The number of urea groups is 1. The Kier molecular flexibility index (Phi) is 6.25. The first kappa shape index (κ1) is 23.0. The molecule has 0 saturated carbocycles. The zero-order chi connectivity index (χ0) is 24.5. The summed E-state index contributed by atoms with van der Waals surface area (Å²) < 4.78 is 30.2. The van der Waals surface area contributed by atoms with Crippen molar-refractivity contribution in [1.29, 1.82) is 0 Å². The lowest BCUT2D eigenvalue weighted by atomic mass is 10.1. The predicted molar refractivity (Wildman–Crippen MR) is 133 cm³/mol. The molecule has 5 rings (SSSR count). The van der Waals surface area contributed by atoms with Gasteiger partial charge in [-0.1, -0.05) is 30.3 Å². The monoisotopic (exact) mass is 494 g/mol. The Labute approximate surface area is 205 Å². The third-order valence-corrected chi connectivity index (χ3v) is 7.25. The van der Waals surface area contributed by atoms with E-state index >= 15 is 0 Å². The van der Waals surface area contributed by atoms with Gasteiger partial charge in [0.2, 0.25) is 0 Å². The Hall–Kier alpha value is -3.72. The van der Waals surface area contributed by atoms with E-state index < -0.39 is 11.8 Å². The van der Waals surface area contributed by atoms with Gasteiger partial charge in [-0.05, 0) is 42.6 Å². The molecule has 35 heavy (non-hydrogen) atoms. The minimum atomic E-state index is -0.502. The maximum absolute atomic E-state index is 14.4. The number of halogens is 2. The molecule has 0 aliphatic carbocycles. The summed E-state index contributed by atoms with van der Waals surface area (Å²) in [4.78, 5) is 30.6. The molecule has 6 nitrogen and oxygen atoms in total. The molecule has 3 heterocycles. The van der Waals surface area contributed by atoms with Crippen molar-refractivity contribution in [2.24, 2.45) is 0 Å². The molecular weight excluding hydrogens is 470 g/mol. The highest BCUT2D eigenvalue weighted by Crippen LogP contribution is 2.28. The van der Waals surface area contributed by atoms with Crippen LogP contribution >= 0.6 is 11.3 Å². The molecule has 9 heteroatoms. The molecule has 1 aliphatic rings. The smallest absolute Gasteiger partial charge is 0.322 e. The van der Waals surface area contributed by atoms with E-state index in [1.807, 2.05) is 29.0 Å². The molecule has 2 aromatic carbocycles. The normalized spacial score (nSPS) is 16.0. The number of benzene rings is 2. The number of rotatable bonds is 4. The zero-order valence-corrected chi connectivity index (χ0v) is 19.9. The van der Waals surface area contributed by atoms with Gasteiger partial charge < -0.3 is 19.7 Å². The number of aromatic nitrogens is 1. The summed E-state index contributed by atoms with van der Waals surface area (Å²) >= 11 is 1.51. The van der Waals surface area contributed by atoms with E-state index in [1.54, 1.807) is 40.1 Å². The summed E-state index contributed by atoms with van der Waals surface area (Å²) in [7, 11) is 0. The molecule has 0 radical (unpaired) electrons. The summed E-state index contributed by atoms with van der Waals surface area (Å²) in [5.41, 5.74) is 1.12. The summed E-state index contributed by atoms with van der Waals surface area (Å²) in [6.07, 6.45) is 0. The van der Waals surface area contributed by atoms with Gasteiger partial charge >= 0.3 is 6.03 Å². The van der Waals surface area contributed by atoms with Crippen molar-refractivity contribution >= 4 is 39.2 Å². The molecule has 0 bridgehead atoms. The highest BCUT2D eigenvalue weighted by Gasteiger charge is 2.32. The van der Waals surface area contributed by atoms with Crippen LogP contribution < -0.4 is 5.32 Å². The third kappa shape index (κ3) is 4.51. The van der Waals surface area contributed by atoms with Crippen molar-refractivity contribution in [1.82, 2.24) is 14.4 Å². The fourth-order valence-electron chi connectivity index (χ4n) is 4.46. The van der Waals surface area contributed by atoms with Gasteiger partial charge in [0, 0.05) is 36.6 Å². The van der Waals surface area contributed by atoms with Crippen molar-refractivity contribution in [3.8, 4) is 0 Å². The average molecular weight is 495 g/mol. The second-order valence-corrected chi connectivity index (χ2v) is 9.49.